The molecule has 2 aromatic carbocycles. The van der Waals surface area contributed by atoms with Gasteiger partial charge in [0.15, 0.2) is 5.96 Å². The number of hydrogen-bond acceptors (Lipinski definition) is 4. The predicted octanol–water partition coefficient (Wildman–Crippen LogP) is 1.94. The molecule has 1 heterocycles. The Morgan fingerprint density at radius 3 is 2.79 bits per heavy atom. The number of benzene rings is 2. The van der Waals surface area contributed by atoms with E-state index in [4.69, 9.17) is 0 Å². The Labute approximate surface area is 112 Å². The SMILES string of the molecule is CN1CCN=C1NCc1ccc2cc(O)ccc2c1. The van der Waals surface area contributed by atoms with Crippen LogP contribution in [0.4, 0.5) is 0 Å². The number of rotatable bonds is 2. The highest BCUT2D eigenvalue weighted by atomic mass is 16.3. The summed E-state index contributed by atoms with van der Waals surface area (Å²) in [6.07, 6.45) is 0. The van der Waals surface area contributed by atoms with Crippen LogP contribution < -0.4 is 5.32 Å². The Morgan fingerprint density at radius 1 is 1.21 bits per heavy atom. The average molecular weight is 255 g/mol. The van der Waals surface area contributed by atoms with E-state index < -0.39 is 0 Å². The number of aromatic hydroxyl groups is 1. The molecular weight excluding hydrogens is 238 g/mol. The Morgan fingerprint density at radius 2 is 2.00 bits per heavy atom. The van der Waals surface area contributed by atoms with Gasteiger partial charge in [0, 0.05) is 20.1 Å². The summed E-state index contributed by atoms with van der Waals surface area (Å²) < 4.78 is 0. The number of phenols is 1. The maximum Gasteiger partial charge on any atom is 0.194 e. The molecule has 3 rings (SSSR count). The third-order valence-electron chi connectivity index (χ3n) is 3.40. The maximum absolute atomic E-state index is 9.44. The number of likely N-dealkylation sites (N-methyl/N-ethyl adjacent to an activating group) is 1. The number of aliphatic imine (C=N–C) groups is 1. The van der Waals surface area contributed by atoms with Crippen molar-refractivity contribution in [1.29, 1.82) is 0 Å². The zero-order valence-corrected chi connectivity index (χ0v) is 10.9. The summed E-state index contributed by atoms with van der Waals surface area (Å²) in [5.74, 6) is 1.27. The minimum atomic E-state index is 0.306. The Kier molecular flexibility index (Phi) is 2.99. The van der Waals surface area contributed by atoms with Gasteiger partial charge in [0.05, 0.1) is 6.54 Å². The lowest BCUT2D eigenvalue weighted by Crippen LogP contribution is -2.35. The van der Waals surface area contributed by atoms with Gasteiger partial charge in [0.2, 0.25) is 0 Å². The second-order valence-corrected chi connectivity index (χ2v) is 4.85. The van der Waals surface area contributed by atoms with Gasteiger partial charge >= 0.3 is 0 Å². The molecule has 2 N–H and O–H groups in total. The van der Waals surface area contributed by atoms with E-state index in [-0.39, 0.29) is 0 Å². The number of nitrogens with one attached hydrogen (secondary N) is 1. The first-order chi connectivity index (χ1) is 9.22. The maximum atomic E-state index is 9.44. The van der Waals surface area contributed by atoms with Crippen molar-refractivity contribution in [3.8, 4) is 5.75 Å². The summed E-state index contributed by atoms with van der Waals surface area (Å²) in [5.41, 5.74) is 1.21. The van der Waals surface area contributed by atoms with Crippen molar-refractivity contribution in [2.45, 2.75) is 6.54 Å². The standard InChI is InChI=1S/C15H17N3O/c1-18-7-6-16-15(18)17-10-11-2-3-13-9-14(19)5-4-12(13)8-11/h2-5,8-9,19H,6-7,10H2,1H3,(H,16,17). The molecule has 4 nitrogen and oxygen atoms in total. The molecule has 2 aromatic rings. The lowest BCUT2D eigenvalue weighted by molar-refractivity contribution is 0.476. The molecule has 0 atom stereocenters. The van der Waals surface area contributed by atoms with E-state index in [0.717, 1.165) is 36.4 Å². The molecule has 19 heavy (non-hydrogen) atoms. The van der Waals surface area contributed by atoms with Crippen LogP contribution in [0.15, 0.2) is 41.4 Å². The zero-order chi connectivity index (χ0) is 13.2. The van der Waals surface area contributed by atoms with E-state index in [9.17, 15) is 5.11 Å². The Hall–Kier alpha value is -2.23. The zero-order valence-electron chi connectivity index (χ0n) is 10.9. The van der Waals surface area contributed by atoms with E-state index in [1.54, 1.807) is 12.1 Å². The summed E-state index contributed by atoms with van der Waals surface area (Å²) in [7, 11) is 2.04. The largest absolute Gasteiger partial charge is 0.508 e. The van der Waals surface area contributed by atoms with Crippen molar-refractivity contribution in [1.82, 2.24) is 10.2 Å². The highest BCUT2D eigenvalue weighted by Gasteiger charge is 2.11. The van der Waals surface area contributed by atoms with E-state index in [2.05, 4.69) is 27.3 Å². The van der Waals surface area contributed by atoms with E-state index in [1.165, 1.54) is 5.56 Å². The van der Waals surface area contributed by atoms with Gasteiger partial charge in [-0.1, -0.05) is 18.2 Å². The van der Waals surface area contributed by atoms with E-state index in [0.29, 0.717) is 5.75 Å². The molecule has 0 saturated carbocycles. The van der Waals surface area contributed by atoms with Gasteiger partial charge in [-0.3, -0.25) is 4.99 Å². The van der Waals surface area contributed by atoms with Crippen molar-refractivity contribution < 1.29 is 5.11 Å². The molecular formula is C15H17N3O. The monoisotopic (exact) mass is 255 g/mol. The van der Waals surface area contributed by atoms with Crippen molar-refractivity contribution in [2.75, 3.05) is 20.1 Å². The van der Waals surface area contributed by atoms with Crippen molar-refractivity contribution in [3.63, 3.8) is 0 Å². The van der Waals surface area contributed by atoms with E-state index >= 15 is 0 Å². The molecule has 0 fully saturated rings. The van der Waals surface area contributed by atoms with Crippen LogP contribution in [0.5, 0.6) is 5.75 Å². The molecule has 0 radical (unpaired) electrons. The lowest BCUT2D eigenvalue weighted by atomic mass is 10.1. The van der Waals surface area contributed by atoms with Crippen LogP contribution in [0.1, 0.15) is 5.56 Å². The van der Waals surface area contributed by atoms with Gasteiger partial charge in [-0.2, -0.15) is 0 Å². The smallest absolute Gasteiger partial charge is 0.194 e. The van der Waals surface area contributed by atoms with Crippen LogP contribution in [0, 0.1) is 0 Å². The minimum Gasteiger partial charge on any atom is -0.508 e. The molecule has 0 amide bonds. The fraction of sp³-hybridized carbons (Fsp3) is 0.267. The number of hydrogen-bond donors (Lipinski definition) is 2. The number of fused-ring (bicyclic) bond motifs is 1. The normalized spacial score (nSPS) is 14.8. The molecule has 0 unspecified atom stereocenters. The molecule has 1 aliphatic heterocycles. The van der Waals surface area contributed by atoms with Crippen LogP contribution in [0.2, 0.25) is 0 Å². The third kappa shape index (κ3) is 2.47. The molecule has 4 heteroatoms. The molecule has 0 aromatic heterocycles. The van der Waals surface area contributed by atoms with Gasteiger partial charge < -0.3 is 15.3 Å². The molecule has 0 aliphatic carbocycles. The fourth-order valence-electron chi connectivity index (χ4n) is 2.30. The summed E-state index contributed by atoms with van der Waals surface area (Å²) in [6, 6.07) is 11.7. The molecule has 0 saturated heterocycles. The summed E-state index contributed by atoms with van der Waals surface area (Å²) in [6.45, 7) is 2.62. The number of nitrogens with zero attached hydrogens (tertiary/aromatic N) is 2. The van der Waals surface area contributed by atoms with Gasteiger partial charge in [-0.15, -0.1) is 0 Å². The second kappa shape index (κ2) is 4.80. The number of guanidine groups is 1. The Balaban J connectivity index is 1.76. The first kappa shape index (κ1) is 11.8. The van der Waals surface area contributed by atoms with Crippen LogP contribution in [0.3, 0.4) is 0 Å². The van der Waals surface area contributed by atoms with Crippen LogP contribution >= 0.6 is 0 Å². The molecule has 98 valence electrons. The quantitative estimate of drug-likeness (QED) is 0.862. The summed E-state index contributed by atoms with van der Waals surface area (Å²) in [5, 5.41) is 15.0. The Bertz CT molecular complexity index is 636. The summed E-state index contributed by atoms with van der Waals surface area (Å²) in [4.78, 5) is 6.53. The van der Waals surface area contributed by atoms with Crippen LogP contribution in [-0.4, -0.2) is 36.1 Å². The van der Waals surface area contributed by atoms with Gasteiger partial charge in [0.1, 0.15) is 5.75 Å². The average Bonchev–Trinajstić information content (AvgIpc) is 2.82. The molecule has 0 spiro atoms. The van der Waals surface area contributed by atoms with Gasteiger partial charge in [-0.05, 0) is 34.5 Å². The minimum absolute atomic E-state index is 0.306. The molecule has 0 bridgehead atoms. The predicted molar refractivity (Wildman–Crippen MR) is 77.4 cm³/mol. The molecule has 1 aliphatic rings. The van der Waals surface area contributed by atoms with Gasteiger partial charge in [-0.25, -0.2) is 0 Å². The van der Waals surface area contributed by atoms with Gasteiger partial charge in [0.25, 0.3) is 0 Å². The van der Waals surface area contributed by atoms with Crippen molar-refractivity contribution >= 4 is 16.7 Å². The van der Waals surface area contributed by atoms with Crippen LogP contribution in [0.25, 0.3) is 10.8 Å². The lowest BCUT2D eigenvalue weighted by Gasteiger charge is -2.15. The number of phenolic OH excluding ortho intramolecular Hbond substituents is 1. The van der Waals surface area contributed by atoms with Crippen molar-refractivity contribution in [3.05, 3.63) is 42.0 Å². The van der Waals surface area contributed by atoms with E-state index in [1.807, 2.05) is 19.2 Å². The topological polar surface area (TPSA) is 47.9 Å². The summed E-state index contributed by atoms with van der Waals surface area (Å²) >= 11 is 0. The van der Waals surface area contributed by atoms with Crippen molar-refractivity contribution in [2.24, 2.45) is 4.99 Å². The first-order valence-corrected chi connectivity index (χ1v) is 6.43. The highest BCUT2D eigenvalue weighted by Crippen LogP contribution is 2.21. The fourth-order valence-corrected chi connectivity index (χ4v) is 2.30. The second-order valence-electron chi connectivity index (χ2n) is 4.85. The first-order valence-electron chi connectivity index (χ1n) is 6.43. The third-order valence-corrected chi connectivity index (χ3v) is 3.40. The highest BCUT2D eigenvalue weighted by molar-refractivity contribution is 5.85. The van der Waals surface area contributed by atoms with Crippen LogP contribution in [-0.2, 0) is 6.54 Å².